The van der Waals surface area contributed by atoms with Crippen LogP contribution in [0.3, 0.4) is 0 Å². The van der Waals surface area contributed by atoms with Crippen molar-refractivity contribution in [2.24, 2.45) is 0 Å². The Balaban J connectivity index is 1.13. The molecule has 8 aromatic carbocycles. The molecule has 6 heteroatoms. The molecule has 4 heterocycles. The number of aromatic nitrogens is 5. The van der Waals surface area contributed by atoms with Crippen molar-refractivity contribution in [3.63, 3.8) is 0 Å². The Morgan fingerprint density at radius 3 is 1.79 bits per heavy atom. The predicted molar refractivity (Wildman–Crippen MR) is 228 cm³/mol. The van der Waals surface area contributed by atoms with Crippen molar-refractivity contribution in [3.8, 4) is 39.8 Å². The lowest BCUT2D eigenvalue weighted by molar-refractivity contribution is 0.669. The Bertz CT molecular complexity index is 3480. The van der Waals surface area contributed by atoms with E-state index >= 15 is 0 Å². The first kappa shape index (κ1) is 30.7. The molecule has 262 valence electrons. The maximum absolute atomic E-state index is 6.36. The van der Waals surface area contributed by atoms with Gasteiger partial charge in [-0.3, -0.25) is 0 Å². The van der Waals surface area contributed by atoms with Crippen molar-refractivity contribution in [1.82, 2.24) is 23.9 Å². The number of furan rings is 1. The van der Waals surface area contributed by atoms with Crippen molar-refractivity contribution in [2.45, 2.75) is 0 Å². The third kappa shape index (κ3) is 4.50. The average molecular weight is 718 g/mol. The van der Waals surface area contributed by atoms with Gasteiger partial charge >= 0.3 is 0 Å². The highest BCUT2D eigenvalue weighted by atomic mass is 16.3. The van der Waals surface area contributed by atoms with Crippen molar-refractivity contribution in [3.05, 3.63) is 188 Å². The van der Waals surface area contributed by atoms with Gasteiger partial charge in [-0.25, -0.2) is 9.67 Å². The number of para-hydroxylation sites is 4. The van der Waals surface area contributed by atoms with E-state index in [0.29, 0.717) is 5.82 Å². The number of rotatable bonds is 5. The molecule has 0 saturated carbocycles. The quantitative estimate of drug-likeness (QED) is 0.178. The van der Waals surface area contributed by atoms with Crippen LogP contribution < -0.4 is 0 Å². The summed E-state index contributed by atoms with van der Waals surface area (Å²) >= 11 is 0. The number of nitrogens with zero attached hydrogens (tertiary/aromatic N) is 5. The summed E-state index contributed by atoms with van der Waals surface area (Å²) in [6, 6.07) is 66.0. The van der Waals surface area contributed by atoms with E-state index in [1.54, 1.807) is 0 Å². The second-order valence-electron chi connectivity index (χ2n) is 14.3. The van der Waals surface area contributed by atoms with Crippen LogP contribution in [0.1, 0.15) is 0 Å². The van der Waals surface area contributed by atoms with E-state index < -0.39 is 0 Å². The lowest BCUT2D eigenvalue weighted by Gasteiger charge is -2.15. The summed E-state index contributed by atoms with van der Waals surface area (Å²) in [5.74, 6) is 1.46. The molecule has 56 heavy (non-hydrogen) atoms. The van der Waals surface area contributed by atoms with Gasteiger partial charge in [0.05, 0.1) is 27.8 Å². The Morgan fingerprint density at radius 2 is 1.00 bits per heavy atom. The predicted octanol–water partition coefficient (Wildman–Crippen LogP) is 12.7. The van der Waals surface area contributed by atoms with Gasteiger partial charge < -0.3 is 13.6 Å². The molecule has 12 rings (SSSR count). The molecule has 0 aliphatic rings. The molecular weight excluding hydrogens is 687 g/mol. The van der Waals surface area contributed by atoms with E-state index in [1.807, 2.05) is 53.2 Å². The van der Waals surface area contributed by atoms with E-state index in [2.05, 4.69) is 149 Å². The summed E-state index contributed by atoms with van der Waals surface area (Å²) in [4.78, 5) is 5.17. The van der Waals surface area contributed by atoms with Gasteiger partial charge in [0.15, 0.2) is 11.6 Å². The molecule has 0 amide bonds. The highest BCUT2D eigenvalue weighted by molar-refractivity contribution is 6.17. The fourth-order valence-electron chi connectivity index (χ4n) is 8.64. The molecule has 0 bridgehead atoms. The standard InChI is InChI=1S/C50H31N5O/c1-3-15-32(16-4-1)49-51-50(33-17-5-2-6-18-33)55(52-49)44-27-14-24-39-36-21-7-11-26-43(36)54(48(39)44)35-20-13-19-34(29-35)53-42-25-10-8-22-37(42)40-31-47-41(30-45(40)53)38-23-9-12-28-46(38)56-47/h1-31H. The fraction of sp³-hybridized carbons (Fsp3) is 0. The molecule has 0 radical (unpaired) electrons. The second kappa shape index (κ2) is 11.9. The van der Waals surface area contributed by atoms with Gasteiger partial charge in [0.2, 0.25) is 0 Å². The zero-order chi connectivity index (χ0) is 36.7. The summed E-state index contributed by atoms with van der Waals surface area (Å²) in [5, 5.41) is 12.1. The molecule has 6 nitrogen and oxygen atoms in total. The lowest BCUT2D eigenvalue weighted by atomic mass is 10.1. The monoisotopic (exact) mass is 717 g/mol. The summed E-state index contributed by atoms with van der Waals surface area (Å²) in [6.07, 6.45) is 0. The molecule has 0 aliphatic heterocycles. The van der Waals surface area contributed by atoms with Gasteiger partial charge in [0, 0.05) is 54.8 Å². The molecule has 0 aliphatic carbocycles. The number of benzene rings is 8. The maximum Gasteiger partial charge on any atom is 0.182 e. The van der Waals surface area contributed by atoms with Crippen LogP contribution in [0.2, 0.25) is 0 Å². The van der Waals surface area contributed by atoms with Crippen molar-refractivity contribution in [2.75, 3.05) is 0 Å². The first-order valence-corrected chi connectivity index (χ1v) is 18.8. The van der Waals surface area contributed by atoms with Crippen LogP contribution in [0.15, 0.2) is 192 Å². The zero-order valence-corrected chi connectivity index (χ0v) is 30.0. The third-order valence-electron chi connectivity index (χ3n) is 11.1. The van der Waals surface area contributed by atoms with E-state index in [1.165, 1.54) is 10.8 Å². The van der Waals surface area contributed by atoms with Crippen LogP contribution in [0.4, 0.5) is 0 Å². The van der Waals surface area contributed by atoms with Gasteiger partial charge in [0.25, 0.3) is 0 Å². The van der Waals surface area contributed by atoms with Gasteiger partial charge in [0.1, 0.15) is 11.2 Å². The molecule has 0 fully saturated rings. The smallest absolute Gasteiger partial charge is 0.182 e. The van der Waals surface area contributed by atoms with E-state index in [0.717, 1.165) is 88.8 Å². The summed E-state index contributed by atoms with van der Waals surface area (Å²) < 4.78 is 13.2. The van der Waals surface area contributed by atoms with E-state index in [9.17, 15) is 0 Å². The van der Waals surface area contributed by atoms with Crippen molar-refractivity contribution >= 4 is 65.6 Å². The first-order valence-electron chi connectivity index (χ1n) is 18.8. The van der Waals surface area contributed by atoms with Crippen LogP contribution in [0, 0.1) is 0 Å². The minimum absolute atomic E-state index is 0.678. The number of hydrogen-bond donors (Lipinski definition) is 0. The van der Waals surface area contributed by atoms with Crippen LogP contribution in [-0.4, -0.2) is 23.9 Å². The van der Waals surface area contributed by atoms with Gasteiger partial charge in [-0.2, -0.15) is 0 Å². The van der Waals surface area contributed by atoms with Crippen molar-refractivity contribution < 1.29 is 4.42 Å². The average Bonchev–Trinajstić information content (AvgIpc) is 4.03. The van der Waals surface area contributed by atoms with E-state index in [-0.39, 0.29) is 0 Å². The molecule has 4 aromatic heterocycles. The fourth-order valence-corrected chi connectivity index (χ4v) is 8.64. The summed E-state index contributed by atoms with van der Waals surface area (Å²) in [5.41, 5.74) is 11.3. The van der Waals surface area contributed by atoms with Crippen LogP contribution in [0.25, 0.3) is 105 Å². The minimum Gasteiger partial charge on any atom is -0.456 e. The normalized spacial score (nSPS) is 11.9. The molecule has 0 N–H and O–H groups in total. The molecule has 0 spiro atoms. The topological polar surface area (TPSA) is 53.7 Å². The minimum atomic E-state index is 0.678. The van der Waals surface area contributed by atoms with Gasteiger partial charge in [-0.05, 0) is 54.6 Å². The molecule has 0 atom stereocenters. The summed E-state index contributed by atoms with van der Waals surface area (Å²) in [6.45, 7) is 0. The molecule has 12 aromatic rings. The first-order chi connectivity index (χ1) is 27.8. The Hall–Kier alpha value is -7.70. The lowest BCUT2D eigenvalue weighted by Crippen LogP contribution is -2.04. The number of fused-ring (bicyclic) bond motifs is 9. The Labute approximate surface area is 320 Å². The number of hydrogen-bond acceptors (Lipinski definition) is 3. The largest absolute Gasteiger partial charge is 0.456 e. The zero-order valence-electron chi connectivity index (χ0n) is 30.0. The van der Waals surface area contributed by atoms with Gasteiger partial charge in [-0.15, -0.1) is 5.10 Å². The second-order valence-corrected chi connectivity index (χ2v) is 14.3. The maximum atomic E-state index is 6.36. The van der Waals surface area contributed by atoms with Crippen molar-refractivity contribution in [1.29, 1.82) is 0 Å². The van der Waals surface area contributed by atoms with Crippen LogP contribution in [-0.2, 0) is 0 Å². The summed E-state index contributed by atoms with van der Waals surface area (Å²) in [7, 11) is 0. The highest BCUT2D eigenvalue weighted by Crippen LogP contribution is 2.40. The molecule has 0 unspecified atom stereocenters. The third-order valence-corrected chi connectivity index (χ3v) is 11.1. The van der Waals surface area contributed by atoms with Gasteiger partial charge in [-0.1, -0.05) is 133 Å². The van der Waals surface area contributed by atoms with Crippen LogP contribution in [0.5, 0.6) is 0 Å². The van der Waals surface area contributed by atoms with E-state index in [4.69, 9.17) is 14.5 Å². The van der Waals surface area contributed by atoms with Crippen LogP contribution >= 0.6 is 0 Å². The Kier molecular flexibility index (Phi) is 6.53. The molecule has 0 saturated heterocycles. The Morgan fingerprint density at radius 1 is 0.393 bits per heavy atom. The highest BCUT2D eigenvalue weighted by Gasteiger charge is 2.22. The molecular formula is C50H31N5O. The SMILES string of the molecule is c1ccc(-c2nc(-c3ccccc3)n(-c3cccc4c5ccccc5n(-c5cccc(-n6c7ccccc7c7cc8oc9ccccc9c8cc76)c5)c34)n2)cc1.